The Hall–Kier alpha value is -2.84. The van der Waals surface area contributed by atoms with Crippen molar-refractivity contribution in [2.24, 2.45) is 0 Å². The van der Waals surface area contributed by atoms with E-state index in [1.54, 1.807) is 11.8 Å². The van der Waals surface area contributed by atoms with Gasteiger partial charge in [0, 0.05) is 32.7 Å². The van der Waals surface area contributed by atoms with Gasteiger partial charge in [-0.05, 0) is 24.6 Å². The van der Waals surface area contributed by atoms with Gasteiger partial charge in [0.05, 0.1) is 0 Å². The van der Waals surface area contributed by atoms with Crippen molar-refractivity contribution < 1.29 is 18.7 Å². The van der Waals surface area contributed by atoms with E-state index in [0.717, 1.165) is 36.9 Å². The Labute approximate surface area is 185 Å². The summed E-state index contributed by atoms with van der Waals surface area (Å²) in [6.45, 7) is 5.36. The molecule has 4 rings (SSSR count). The molecule has 0 aliphatic carbocycles. The molecule has 0 N–H and O–H groups in total. The van der Waals surface area contributed by atoms with E-state index < -0.39 is 12.1 Å². The van der Waals surface area contributed by atoms with E-state index in [4.69, 9.17) is 9.15 Å². The molecule has 2 heterocycles. The molecule has 2 aromatic carbocycles. The number of oxazole rings is 1. The summed E-state index contributed by atoms with van der Waals surface area (Å²) in [7, 11) is 0. The predicted octanol–water partition coefficient (Wildman–Crippen LogP) is 3.20. The Morgan fingerprint density at radius 3 is 2.52 bits per heavy atom. The molecule has 1 atom stereocenters. The van der Waals surface area contributed by atoms with E-state index in [9.17, 15) is 9.59 Å². The Balaban J connectivity index is 1.20. The molecule has 1 aliphatic rings. The maximum absolute atomic E-state index is 12.7. The lowest BCUT2D eigenvalue weighted by Crippen LogP contribution is -2.51. The van der Waals surface area contributed by atoms with Gasteiger partial charge in [0.15, 0.2) is 11.7 Å². The first-order valence-electron chi connectivity index (χ1n) is 10.3. The molecule has 8 heteroatoms. The van der Waals surface area contributed by atoms with E-state index >= 15 is 0 Å². The first-order valence-corrected chi connectivity index (χ1v) is 11.3. The molecule has 1 amide bonds. The molecule has 1 aromatic heterocycles. The van der Waals surface area contributed by atoms with Crippen molar-refractivity contribution in [3.63, 3.8) is 0 Å². The van der Waals surface area contributed by atoms with Gasteiger partial charge in [0.2, 0.25) is 0 Å². The highest BCUT2D eigenvalue weighted by Crippen LogP contribution is 2.23. The topological polar surface area (TPSA) is 75.9 Å². The molecular formula is C23H25N3O4S. The number of thioether (sulfide) groups is 1. The summed E-state index contributed by atoms with van der Waals surface area (Å²) in [4.78, 5) is 33.3. The molecule has 0 unspecified atom stereocenters. The molecule has 162 valence electrons. The van der Waals surface area contributed by atoms with Crippen LogP contribution in [-0.2, 0) is 20.9 Å². The summed E-state index contributed by atoms with van der Waals surface area (Å²) < 4.78 is 10.9. The number of carbonyl (C=O) groups is 2. The number of esters is 1. The van der Waals surface area contributed by atoms with Crippen LogP contribution < -0.4 is 0 Å². The number of hydrogen-bond donors (Lipinski definition) is 0. The number of nitrogens with zero attached hydrogens (tertiary/aromatic N) is 3. The zero-order valence-corrected chi connectivity index (χ0v) is 18.2. The molecule has 0 spiro atoms. The number of para-hydroxylation sites is 2. The van der Waals surface area contributed by atoms with Crippen LogP contribution in [0.1, 0.15) is 12.5 Å². The number of ether oxygens (including phenoxy) is 1. The minimum atomic E-state index is -0.808. The smallest absolute Gasteiger partial charge is 0.317 e. The van der Waals surface area contributed by atoms with Gasteiger partial charge in [-0.2, -0.15) is 0 Å². The fourth-order valence-electron chi connectivity index (χ4n) is 3.54. The average molecular weight is 440 g/mol. The van der Waals surface area contributed by atoms with E-state index in [1.807, 2.05) is 42.5 Å². The van der Waals surface area contributed by atoms with Crippen LogP contribution in [0, 0.1) is 0 Å². The number of carbonyl (C=O) groups excluding carboxylic acids is 2. The van der Waals surface area contributed by atoms with Gasteiger partial charge in [-0.25, -0.2) is 4.98 Å². The summed E-state index contributed by atoms with van der Waals surface area (Å²) in [6, 6.07) is 17.7. The lowest BCUT2D eigenvalue weighted by molar-refractivity contribution is -0.157. The molecule has 0 saturated carbocycles. The monoisotopic (exact) mass is 439 g/mol. The number of fused-ring (bicyclic) bond motifs is 1. The third-order valence-corrected chi connectivity index (χ3v) is 5.98. The fraction of sp³-hybridized carbons (Fsp3) is 0.348. The molecular weight excluding hydrogens is 414 g/mol. The van der Waals surface area contributed by atoms with Gasteiger partial charge in [0.1, 0.15) is 11.3 Å². The second kappa shape index (κ2) is 9.98. The first-order chi connectivity index (χ1) is 15.1. The van der Waals surface area contributed by atoms with Gasteiger partial charge in [-0.15, -0.1) is 0 Å². The summed E-state index contributed by atoms with van der Waals surface area (Å²) in [5, 5.41) is 0.409. The Morgan fingerprint density at radius 2 is 1.77 bits per heavy atom. The van der Waals surface area contributed by atoms with Crippen molar-refractivity contribution >= 4 is 34.7 Å². The van der Waals surface area contributed by atoms with Crippen LogP contribution in [0.2, 0.25) is 0 Å². The lowest BCUT2D eigenvalue weighted by atomic mass is 10.2. The molecule has 7 nitrogen and oxygen atoms in total. The van der Waals surface area contributed by atoms with Crippen molar-refractivity contribution in [2.75, 3.05) is 31.9 Å². The van der Waals surface area contributed by atoms with Crippen LogP contribution in [0.4, 0.5) is 0 Å². The number of amides is 1. The number of piperazine rings is 1. The molecule has 31 heavy (non-hydrogen) atoms. The van der Waals surface area contributed by atoms with Gasteiger partial charge in [0.25, 0.3) is 11.1 Å². The van der Waals surface area contributed by atoms with Gasteiger partial charge < -0.3 is 14.1 Å². The minimum Gasteiger partial charge on any atom is -0.452 e. The van der Waals surface area contributed by atoms with Crippen molar-refractivity contribution in [2.45, 2.75) is 24.8 Å². The lowest BCUT2D eigenvalue weighted by Gasteiger charge is -2.35. The molecule has 0 bridgehead atoms. The Morgan fingerprint density at radius 1 is 1.06 bits per heavy atom. The van der Waals surface area contributed by atoms with Gasteiger partial charge in [-0.1, -0.05) is 54.2 Å². The van der Waals surface area contributed by atoms with E-state index in [2.05, 4.69) is 22.0 Å². The zero-order chi connectivity index (χ0) is 21.6. The van der Waals surface area contributed by atoms with Crippen LogP contribution in [0.5, 0.6) is 0 Å². The standard InChI is InChI=1S/C23H25N3O4S/c1-17(29-21(27)16-31-23-24-19-9-5-6-10-20(19)30-23)22(28)26-13-11-25(12-14-26)15-18-7-3-2-4-8-18/h2-10,17H,11-16H2,1H3/t17-/m0/s1. The molecule has 1 saturated heterocycles. The highest BCUT2D eigenvalue weighted by molar-refractivity contribution is 7.99. The number of rotatable bonds is 7. The van der Waals surface area contributed by atoms with Crippen LogP contribution in [0.3, 0.4) is 0 Å². The summed E-state index contributed by atoms with van der Waals surface area (Å²) in [5.41, 5.74) is 2.68. The largest absolute Gasteiger partial charge is 0.452 e. The minimum absolute atomic E-state index is 0.0370. The third kappa shape index (κ3) is 5.65. The van der Waals surface area contributed by atoms with Crippen molar-refractivity contribution in [3.8, 4) is 0 Å². The number of benzene rings is 2. The summed E-state index contributed by atoms with van der Waals surface area (Å²) in [5.74, 6) is -0.578. The molecule has 0 radical (unpaired) electrons. The molecule has 1 fully saturated rings. The quantitative estimate of drug-likeness (QED) is 0.413. The third-order valence-electron chi connectivity index (χ3n) is 5.18. The maximum atomic E-state index is 12.7. The highest BCUT2D eigenvalue weighted by atomic mass is 32.2. The van der Waals surface area contributed by atoms with Crippen LogP contribution in [0.15, 0.2) is 64.2 Å². The number of aromatic nitrogens is 1. The maximum Gasteiger partial charge on any atom is 0.317 e. The normalized spacial score (nSPS) is 15.7. The van der Waals surface area contributed by atoms with Gasteiger partial charge >= 0.3 is 5.97 Å². The molecule has 3 aromatic rings. The van der Waals surface area contributed by atoms with Crippen LogP contribution in [-0.4, -0.2) is 64.7 Å². The van der Waals surface area contributed by atoms with E-state index in [0.29, 0.717) is 23.9 Å². The summed E-state index contributed by atoms with van der Waals surface area (Å²) >= 11 is 1.16. The predicted molar refractivity (Wildman–Crippen MR) is 119 cm³/mol. The van der Waals surface area contributed by atoms with E-state index in [1.165, 1.54) is 5.56 Å². The zero-order valence-electron chi connectivity index (χ0n) is 17.4. The van der Waals surface area contributed by atoms with Crippen LogP contribution in [0.25, 0.3) is 11.1 Å². The first kappa shape index (κ1) is 21.4. The fourth-order valence-corrected chi connectivity index (χ4v) is 4.16. The van der Waals surface area contributed by atoms with Crippen molar-refractivity contribution in [1.82, 2.24) is 14.8 Å². The van der Waals surface area contributed by atoms with Crippen molar-refractivity contribution in [1.29, 1.82) is 0 Å². The highest BCUT2D eigenvalue weighted by Gasteiger charge is 2.27. The summed E-state index contributed by atoms with van der Waals surface area (Å²) in [6.07, 6.45) is -0.808. The molecule has 1 aliphatic heterocycles. The Bertz CT molecular complexity index is 998. The number of hydrogen-bond acceptors (Lipinski definition) is 7. The average Bonchev–Trinajstić information content (AvgIpc) is 3.21. The SMILES string of the molecule is C[C@H](OC(=O)CSc1nc2ccccc2o1)C(=O)N1CCN(Cc2ccccc2)CC1. The second-order valence-electron chi connectivity index (χ2n) is 7.46. The Kier molecular flexibility index (Phi) is 6.89. The second-order valence-corrected chi connectivity index (χ2v) is 8.38. The van der Waals surface area contributed by atoms with Crippen LogP contribution >= 0.6 is 11.8 Å². The van der Waals surface area contributed by atoms with Gasteiger partial charge in [-0.3, -0.25) is 14.5 Å². The van der Waals surface area contributed by atoms with Crippen molar-refractivity contribution in [3.05, 3.63) is 60.2 Å². The van der Waals surface area contributed by atoms with E-state index in [-0.39, 0.29) is 11.7 Å².